The number of benzene rings is 1. The first-order valence-electron chi connectivity index (χ1n) is 8.57. The van der Waals surface area contributed by atoms with Crippen molar-refractivity contribution in [2.75, 3.05) is 13.1 Å². The Morgan fingerprint density at radius 1 is 1.15 bits per heavy atom. The lowest BCUT2D eigenvalue weighted by Gasteiger charge is -2.07. The third-order valence-corrected chi connectivity index (χ3v) is 5.18. The summed E-state index contributed by atoms with van der Waals surface area (Å²) in [4.78, 5) is 8.98. The summed E-state index contributed by atoms with van der Waals surface area (Å²) in [6.07, 6.45) is 4.01. The van der Waals surface area contributed by atoms with Crippen molar-refractivity contribution in [3.8, 4) is 23.0 Å². The molecule has 26 heavy (non-hydrogen) atoms. The highest BCUT2D eigenvalue weighted by Gasteiger charge is 2.58. The van der Waals surface area contributed by atoms with E-state index >= 15 is 0 Å². The first-order chi connectivity index (χ1) is 12.3. The number of aromatic nitrogens is 3. The van der Waals surface area contributed by atoms with E-state index in [9.17, 15) is 0 Å². The lowest BCUT2D eigenvalue weighted by Crippen LogP contribution is -2.10. The van der Waals surface area contributed by atoms with Crippen LogP contribution in [0.5, 0.6) is 11.6 Å². The summed E-state index contributed by atoms with van der Waals surface area (Å²) in [6, 6.07) is 13.3. The number of nitrogens with zero attached hydrogens (tertiary/aromatic N) is 3. The third kappa shape index (κ3) is 2.95. The summed E-state index contributed by atoms with van der Waals surface area (Å²) in [6.45, 7) is 2.12. The van der Waals surface area contributed by atoms with Crippen LogP contribution in [0.15, 0.2) is 53.2 Å². The Hall–Kier alpha value is -2.44. The van der Waals surface area contributed by atoms with Crippen molar-refractivity contribution >= 4 is 12.4 Å². The Labute approximate surface area is 157 Å². The number of ether oxygens (including phenoxy) is 1. The summed E-state index contributed by atoms with van der Waals surface area (Å²) < 4.78 is 11.5. The number of para-hydroxylation sites is 1. The lowest BCUT2D eigenvalue weighted by molar-refractivity contribution is 0.363. The Balaban J connectivity index is 0.00000168. The van der Waals surface area contributed by atoms with Crippen LogP contribution in [0.1, 0.15) is 24.7 Å². The minimum Gasteiger partial charge on any atom is -0.438 e. The Kier molecular flexibility index (Phi) is 4.38. The molecule has 6 nitrogen and oxygen atoms in total. The molecule has 2 fully saturated rings. The van der Waals surface area contributed by atoms with Gasteiger partial charge in [0, 0.05) is 18.7 Å². The Morgan fingerprint density at radius 2 is 2.04 bits per heavy atom. The quantitative estimate of drug-likeness (QED) is 0.752. The summed E-state index contributed by atoms with van der Waals surface area (Å²) in [5.74, 6) is 2.84. The number of hydrogen-bond donors (Lipinski definition) is 1. The molecule has 1 aliphatic heterocycles. The monoisotopic (exact) mass is 370 g/mol. The smallest absolute Gasteiger partial charge is 0.230 e. The maximum Gasteiger partial charge on any atom is 0.230 e. The standard InChI is InChI=1S/C19H18N4O2.ClH/c1-2-5-13(6-3-1)24-17-14(7-4-9-21-17)16-22-18(25-23-16)15-11-19(15)8-10-20-12-19;/h1-7,9,15,20H,8,10-12H2;1H. The van der Waals surface area contributed by atoms with E-state index in [1.165, 1.54) is 6.42 Å². The van der Waals surface area contributed by atoms with Crippen LogP contribution in [-0.4, -0.2) is 28.2 Å². The van der Waals surface area contributed by atoms with Crippen molar-refractivity contribution in [2.24, 2.45) is 5.41 Å². The van der Waals surface area contributed by atoms with Crippen LogP contribution in [0.4, 0.5) is 0 Å². The van der Waals surface area contributed by atoms with Gasteiger partial charge in [-0.2, -0.15) is 4.98 Å². The maximum atomic E-state index is 5.90. The average molecular weight is 371 g/mol. The number of nitrogens with one attached hydrogen (secondary N) is 1. The summed E-state index contributed by atoms with van der Waals surface area (Å²) >= 11 is 0. The molecule has 7 heteroatoms. The minimum absolute atomic E-state index is 0. The molecule has 0 bridgehead atoms. The van der Waals surface area contributed by atoms with Crippen molar-refractivity contribution in [3.05, 3.63) is 54.6 Å². The number of pyridine rings is 1. The van der Waals surface area contributed by atoms with Crippen LogP contribution in [-0.2, 0) is 0 Å². The molecule has 2 atom stereocenters. The van der Waals surface area contributed by atoms with Crippen LogP contribution >= 0.6 is 12.4 Å². The molecule has 5 rings (SSSR count). The van der Waals surface area contributed by atoms with Crippen molar-refractivity contribution in [2.45, 2.75) is 18.8 Å². The molecule has 1 saturated carbocycles. The van der Waals surface area contributed by atoms with Gasteiger partial charge in [-0.05, 0) is 49.1 Å². The molecule has 0 amide bonds. The number of rotatable bonds is 4. The SMILES string of the molecule is Cl.c1ccc(Oc2ncccc2-c2noc(C3CC34CCNC4)n2)cc1. The molecule has 1 spiro atoms. The van der Waals surface area contributed by atoms with Gasteiger partial charge in [0.05, 0.1) is 5.56 Å². The Bertz CT molecular complexity index is 893. The van der Waals surface area contributed by atoms with Crippen molar-refractivity contribution < 1.29 is 9.26 Å². The second-order valence-corrected chi connectivity index (χ2v) is 6.77. The van der Waals surface area contributed by atoms with Crippen LogP contribution < -0.4 is 10.1 Å². The molecule has 2 aliphatic rings. The van der Waals surface area contributed by atoms with Gasteiger partial charge in [-0.1, -0.05) is 23.4 Å². The van der Waals surface area contributed by atoms with Gasteiger partial charge in [0.2, 0.25) is 17.6 Å². The molecule has 2 unspecified atom stereocenters. The normalized spacial score (nSPS) is 23.6. The highest BCUT2D eigenvalue weighted by Crippen LogP contribution is 2.62. The van der Waals surface area contributed by atoms with Gasteiger partial charge >= 0.3 is 0 Å². The van der Waals surface area contributed by atoms with Crippen molar-refractivity contribution in [1.82, 2.24) is 20.4 Å². The molecule has 1 aliphatic carbocycles. The predicted molar refractivity (Wildman–Crippen MR) is 98.6 cm³/mol. The van der Waals surface area contributed by atoms with Gasteiger partial charge in [0.1, 0.15) is 5.75 Å². The van der Waals surface area contributed by atoms with E-state index in [-0.39, 0.29) is 12.4 Å². The van der Waals surface area contributed by atoms with E-state index < -0.39 is 0 Å². The average Bonchev–Trinajstić information content (AvgIpc) is 3.00. The third-order valence-electron chi connectivity index (χ3n) is 5.18. The van der Waals surface area contributed by atoms with E-state index in [4.69, 9.17) is 9.26 Å². The molecule has 2 aromatic heterocycles. The first kappa shape index (κ1) is 17.0. The molecule has 1 N–H and O–H groups in total. The molecule has 1 saturated heterocycles. The highest BCUT2D eigenvalue weighted by atomic mass is 35.5. The molecule has 0 radical (unpaired) electrons. The van der Waals surface area contributed by atoms with Crippen molar-refractivity contribution in [3.63, 3.8) is 0 Å². The predicted octanol–water partition coefficient (Wildman–Crippen LogP) is 3.81. The topological polar surface area (TPSA) is 73.1 Å². The zero-order valence-electron chi connectivity index (χ0n) is 14.1. The fourth-order valence-corrected chi connectivity index (χ4v) is 3.66. The van der Waals surface area contributed by atoms with Crippen LogP contribution in [0.2, 0.25) is 0 Å². The minimum atomic E-state index is 0. The molecule has 134 valence electrons. The van der Waals surface area contributed by atoms with Gasteiger partial charge in [-0.3, -0.25) is 0 Å². The van der Waals surface area contributed by atoms with Crippen LogP contribution in [0.25, 0.3) is 11.4 Å². The summed E-state index contributed by atoms with van der Waals surface area (Å²) in [5, 5.41) is 7.61. The highest BCUT2D eigenvalue weighted by molar-refractivity contribution is 5.85. The maximum absolute atomic E-state index is 5.90. The summed E-state index contributed by atoms with van der Waals surface area (Å²) in [5.41, 5.74) is 1.07. The van der Waals surface area contributed by atoms with E-state index in [1.807, 2.05) is 42.5 Å². The molecular formula is C19H19ClN4O2. The van der Waals surface area contributed by atoms with E-state index in [1.54, 1.807) is 6.20 Å². The zero-order valence-corrected chi connectivity index (χ0v) is 14.9. The lowest BCUT2D eigenvalue weighted by atomic mass is 10.0. The first-order valence-corrected chi connectivity index (χ1v) is 8.57. The van der Waals surface area contributed by atoms with Gasteiger partial charge in [-0.15, -0.1) is 12.4 Å². The number of halogens is 1. The molecule has 3 heterocycles. The molecule has 1 aromatic carbocycles. The van der Waals surface area contributed by atoms with Crippen molar-refractivity contribution in [1.29, 1.82) is 0 Å². The van der Waals surface area contributed by atoms with E-state index in [2.05, 4.69) is 20.4 Å². The van der Waals surface area contributed by atoms with Gasteiger partial charge in [0.25, 0.3) is 0 Å². The largest absolute Gasteiger partial charge is 0.438 e. The second kappa shape index (κ2) is 6.70. The summed E-state index contributed by atoms with van der Waals surface area (Å²) in [7, 11) is 0. The molecular weight excluding hydrogens is 352 g/mol. The van der Waals surface area contributed by atoms with Gasteiger partial charge in [0.15, 0.2) is 0 Å². The van der Waals surface area contributed by atoms with Gasteiger partial charge < -0.3 is 14.6 Å². The fraction of sp³-hybridized carbons (Fsp3) is 0.316. The van der Waals surface area contributed by atoms with Crippen LogP contribution in [0.3, 0.4) is 0 Å². The fourth-order valence-electron chi connectivity index (χ4n) is 3.66. The van der Waals surface area contributed by atoms with E-state index in [0.717, 1.165) is 36.7 Å². The number of hydrogen-bond acceptors (Lipinski definition) is 6. The zero-order chi connectivity index (χ0) is 16.7. The van der Waals surface area contributed by atoms with E-state index in [0.29, 0.717) is 23.0 Å². The van der Waals surface area contributed by atoms with Crippen LogP contribution in [0, 0.1) is 5.41 Å². The molecule has 3 aromatic rings. The Morgan fingerprint density at radius 3 is 2.85 bits per heavy atom. The van der Waals surface area contributed by atoms with Gasteiger partial charge in [-0.25, -0.2) is 4.98 Å². The second-order valence-electron chi connectivity index (χ2n) is 6.77.